The highest BCUT2D eigenvalue weighted by molar-refractivity contribution is 5.91. The van der Waals surface area contributed by atoms with Gasteiger partial charge in [-0.2, -0.15) is 0 Å². The Morgan fingerprint density at radius 1 is 1.45 bits per heavy atom. The van der Waals surface area contributed by atoms with Crippen LogP contribution in [-0.2, 0) is 9.53 Å². The molecule has 1 atom stereocenters. The summed E-state index contributed by atoms with van der Waals surface area (Å²) >= 11 is 0. The van der Waals surface area contributed by atoms with E-state index in [9.17, 15) is 4.79 Å². The van der Waals surface area contributed by atoms with Crippen molar-refractivity contribution in [3.63, 3.8) is 0 Å². The molecule has 1 aromatic rings. The Morgan fingerprint density at radius 3 is 3.00 bits per heavy atom. The minimum absolute atomic E-state index is 0.121. The van der Waals surface area contributed by atoms with E-state index in [-0.39, 0.29) is 12.0 Å². The van der Waals surface area contributed by atoms with Crippen molar-refractivity contribution in [1.82, 2.24) is 5.32 Å². The Labute approximate surface area is 131 Å². The van der Waals surface area contributed by atoms with Crippen LogP contribution in [0.5, 0.6) is 11.5 Å². The topological polar surface area (TPSA) is 56.8 Å². The molecule has 1 aliphatic heterocycles. The van der Waals surface area contributed by atoms with Crippen LogP contribution in [0.3, 0.4) is 0 Å². The van der Waals surface area contributed by atoms with E-state index in [1.54, 1.807) is 13.2 Å². The van der Waals surface area contributed by atoms with Gasteiger partial charge < -0.3 is 19.5 Å². The minimum atomic E-state index is -0.121. The largest absolute Gasteiger partial charge is 0.493 e. The van der Waals surface area contributed by atoms with Gasteiger partial charge >= 0.3 is 0 Å². The highest BCUT2D eigenvalue weighted by atomic mass is 16.5. The highest BCUT2D eigenvalue weighted by Gasteiger charge is 2.15. The van der Waals surface area contributed by atoms with E-state index in [4.69, 9.17) is 14.2 Å². The van der Waals surface area contributed by atoms with Crippen LogP contribution in [0, 0.1) is 0 Å². The number of carbonyl (C=O) groups is 1. The lowest BCUT2D eigenvalue weighted by Crippen LogP contribution is -2.30. The second-order valence-electron chi connectivity index (χ2n) is 5.06. The highest BCUT2D eigenvalue weighted by Crippen LogP contribution is 2.28. The lowest BCUT2D eigenvalue weighted by atomic mass is 10.2. The van der Waals surface area contributed by atoms with E-state index in [1.807, 2.05) is 25.1 Å². The van der Waals surface area contributed by atoms with Gasteiger partial charge in [-0.3, -0.25) is 4.79 Å². The first-order valence-corrected chi connectivity index (χ1v) is 7.61. The molecule has 1 heterocycles. The van der Waals surface area contributed by atoms with Gasteiger partial charge in [0, 0.05) is 19.2 Å². The summed E-state index contributed by atoms with van der Waals surface area (Å²) < 4.78 is 16.2. The molecule has 0 aliphatic carbocycles. The SMILES string of the molecule is CCOc1cc(/C=C/C(=O)NC[C@H]2CCCO2)ccc1OC. The Bertz CT molecular complexity index is 521. The Morgan fingerprint density at radius 2 is 2.32 bits per heavy atom. The molecule has 1 saturated heterocycles. The number of benzene rings is 1. The van der Waals surface area contributed by atoms with E-state index in [1.165, 1.54) is 6.08 Å². The molecule has 5 heteroatoms. The summed E-state index contributed by atoms with van der Waals surface area (Å²) in [6.45, 7) is 3.84. The summed E-state index contributed by atoms with van der Waals surface area (Å²) in [6, 6.07) is 5.56. The molecule has 0 unspecified atom stereocenters. The number of methoxy groups -OCH3 is 1. The zero-order valence-electron chi connectivity index (χ0n) is 13.1. The molecule has 0 bridgehead atoms. The molecule has 0 spiro atoms. The van der Waals surface area contributed by atoms with Crippen molar-refractivity contribution in [2.45, 2.75) is 25.9 Å². The van der Waals surface area contributed by atoms with Crippen LogP contribution in [0.2, 0.25) is 0 Å². The molecule has 5 nitrogen and oxygen atoms in total. The second kappa shape index (κ2) is 8.44. The second-order valence-corrected chi connectivity index (χ2v) is 5.06. The summed E-state index contributed by atoms with van der Waals surface area (Å²) in [6.07, 6.45) is 5.52. The maximum Gasteiger partial charge on any atom is 0.244 e. The van der Waals surface area contributed by atoms with Crippen molar-refractivity contribution in [1.29, 1.82) is 0 Å². The average Bonchev–Trinajstić information content (AvgIpc) is 3.05. The van der Waals surface area contributed by atoms with Crippen LogP contribution in [0.25, 0.3) is 6.08 Å². The average molecular weight is 305 g/mol. The van der Waals surface area contributed by atoms with E-state index < -0.39 is 0 Å². The zero-order valence-corrected chi connectivity index (χ0v) is 13.1. The summed E-state index contributed by atoms with van der Waals surface area (Å²) in [5.41, 5.74) is 0.886. The van der Waals surface area contributed by atoms with Gasteiger partial charge in [0.15, 0.2) is 11.5 Å². The normalized spacial score (nSPS) is 17.6. The van der Waals surface area contributed by atoms with Crippen LogP contribution < -0.4 is 14.8 Å². The molecule has 0 radical (unpaired) electrons. The van der Waals surface area contributed by atoms with Gasteiger partial charge in [0.1, 0.15) is 0 Å². The minimum Gasteiger partial charge on any atom is -0.493 e. The lowest BCUT2D eigenvalue weighted by molar-refractivity contribution is -0.116. The van der Waals surface area contributed by atoms with Gasteiger partial charge in [0.2, 0.25) is 5.91 Å². The van der Waals surface area contributed by atoms with Crippen LogP contribution in [0.15, 0.2) is 24.3 Å². The van der Waals surface area contributed by atoms with Crippen molar-refractivity contribution < 1.29 is 19.0 Å². The van der Waals surface area contributed by atoms with Gasteiger partial charge in [-0.15, -0.1) is 0 Å². The molecule has 1 aliphatic rings. The van der Waals surface area contributed by atoms with Crippen molar-refractivity contribution >= 4 is 12.0 Å². The quantitative estimate of drug-likeness (QED) is 0.786. The molecule has 120 valence electrons. The summed E-state index contributed by atoms with van der Waals surface area (Å²) in [4.78, 5) is 11.8. The van der Waals surface area contributed by atoms with Gasteiger partial charge in [0.05, 0.1) is 19.8 Å². The smallest absolute Gasteiger partial charge is 0.244 e. The fourth-order valence-corrected chi connectivity index (χ4v) is 2.32. The first-order chi connectivity index (χ1) is 10.7. The number of carbonyl (C=O) groups excluding carboxylic acids is 1. The number of rotatable bonds is 7. The van der Waals surface area contributed by atoms with E-state index in [0.717, 1.165) is 25.0 Å². The molecule has 1 amide bonds. The first kappa shape index (κ1) is 16.4. The third kappa shape index (κ3) is 4.77. The van der Waals surface area contributed by atoms with Crippen LogP contribution in [0.1, 0.15) is 25.3 Å². The summed E-state index contributed by atoms with van der Waals surface area (Å²) in [7, 11) is 1.60. The lowest BCUT2D eigenvalue weighted by Gasteiger charge is -2.10. The van der Waals surface area contributed by atoms with Crippen molar-refractivity contribution in [3.05, 3.63) is 29.8 Å². The van der Waals surface area contributed by atoms with Gasteiger partial charge in [-0.05, 0) is 43.5 Å². The number of ether oxygens (including phenoxy) is 3. The molecular formula is C17H23NO4. The molecule has 22 heavy (non-hydrogen) atoms. The Hall–Kier alpha value is -2.01. The molecule has 0 saturated carbocycles. The van der Waals surface area contributed by atoms with Gasteiger partial charge in [-0.25, -0.2) is 0 Å². The van der Waals surface area contributed by atoms with Crippen LogP contribution in [0.4, 0.5) is 0 Å². The standard InChI is InChI=1S/C17H23NO4/c1-3-21-16-11-13(6-8-15(16)20-2)7-9-17(19)18-12-14-5-4-10-22-14/h6-9,11,14H,3-5,10,12H2,1-2H3,(H,18,19)/b9-7+/t14-/m1/s1. The molecule has 1 aromatic carbocycles. The van der Waals surface area contributed by atoms with E-state index >= 15 is 0 Å². The third-order valence-corrected chi connectivity index (χ3v) is 3.44. The summed E-state index contributed by atoms with van der Waals surface area (Å²) in [5.74, 6) is 1.23. The number of amides is 1. The molecule has 1 N–H and O–H groups in total. The predicted molar refractivity (Wildman–Crippen MR) is 85.2 cm³/mol. The van der Waals surface area contributed by atoms with Crippen LogP contribution >= 0.6 is 0 Å². The number of hydrogen-bond donors (Lipinski definition) is 1. The summed E-state index contributed by atoms with van der Waals surface area (Å²) in [5, 5.41) is 2.85. The third-order valence-electron chi connectivity index (χ3n) is 3.44. The molecule has 0 aromatic heterocycles. The van der Waals surface area contributed by atoms with Crippen LogP contribution in [-0.4, -0.2) is 38.9 Å². The van der Waals surface area contributed by atoms with E-state index in [0.29, 0.717) is 24.7 Å². The van der Waals surface area contributed by atoms with Crippen molar-refractivity contribution in [2.75, 3.05) is 26.9 Å². The Kier molecular flexibility index (Phi) is 6.27. The van der Waals surface area contributed by atoms with Crippen molar-refractivity contribution in [2.24, 2.45) is 0 Å². The van der Waals surface area contributed by atoms with Gasteiger partial charge in [0.25, 0.3) is 0 Å². The molecule has 2 rings (SSSR count). The van der Waals surface area contributed by atoms with E-state index in [2.05, 4.69) is 5.32 Å². The fraction of sp³-hybridized carbons (Fsp3) is 0.471. The zero-order chi connectivity index (χ0) is 15.8. The first-order valence-electron chi connectivity index (χ1n) is 7.61. The van der Waals surface area contributed by atoms with Gasteiger partial charge in [-0.1, -0.05) is 6.07 Å². The molecular weight excluding hydrogens is 282 g/mol. The van der Waals surface area contributed by atoms with Crippen molar-refractivity contribution in [3.8, 4) is 11.5 Å². The number of nitrogens with one attached hydrogen (secondary N) is 1. The number of hydrogen-bond acceptors (Lipinski definition) is 4. The monoisotopic (exact) mass is 305 g/mol. The maximum absolute atomic E-state index is 11.8. The maximum atomic E-state index is 11.8. The molecule has 1 fully saturated rings. The predicted octanol–water partition coefficient (Wildman–Crippen LogP) is 2.40. The fourth-order valence-electron chi connectivity index (χ4n) is 2.32. The Balaban J connectivity index is 1.90.